The van der Waals surface area contributed by atoms with Crippen molar-refractivity contribution in [1.82, 2.24) is 15.5 Å². The van der Waals surface area contributed by atoms with Gasteiger partial charge in [0.25, 0.3) is 11.8 Å². The van der Waals surface area contributed by atoms with Gasteiger partial charge in [-0.1, -0.05) is 24.3 Å². The smallest absolute Gasteiger partial charge is 0.254 e. The Kier molecular flexibility index (Phi) is 11.0. The topological polar surface area (TPSA) is 136 Å². The molecule has 4 amide bonds. The summed E-state index contributed by atoms with van der Waals surface area (Å²) in [5.74, 6) is 0.230. The van der Waals surface area contributed by atoms with Gasteiger partial charge in [0.2, 0.25) is 11.8 Å². The summed E-state index contributed by atoms with van der Waals surface area (Å²) >= 11 is 0. The van der Waals surface area contributed by atoms with Gasteiger partial charge >= 0.3 is 0 Å². The van der Waals surface area contributed by atoms with Crippen molar-refractivity contribution in [3.8, 4) is 11.5 Å². The molecule has 1 atom stereocenters. The van der Waals surface area contributed by atoms with Crippen molar-refractivity contribution in [3.05, 3.63) is 70.8 Å². The molecule has 0 saturated carbocycles. The van der Waals surface area contributed by atoms with Crippen LogP contribution in [0.25, 0.3) is 5.57 Å². The lowest BCUT2D eigenvalue weighted by molar-refractivity contribution is -0.144. The summed E-state index contributed by atoms with van der Waals surface area (Å²) < 4.78 is 16.9. The molecule has 2 aromatic carbocycles. The Bertz CT molecular complexity index is 1610. The molecule has 246 valence electrons. The molecule has 4 rings (SSSR count). The van der Waals surface area contributed by atoms with E-state index in [2.05, 4.69) is 10.6 Å². The van der Waals surface area contributed by atoms with Crippen LogP contribution < -0.4 is 30.7 Å². The van der Waals surface area contributed by atoms with Crippen LogP contribution in [0.5, 0.6) is 11.5 Å². The predicted molar refractivity (Wildman–Crippen MR) is 173 cm³/mol. The number of nitrogens with zero attached hydrogens (tertiary/aromatic N) is 2. The van der Waals surface area contributed by atoms with Crippen LogP contribution in [0.4, 0.5) is 0 Å². The molecule has 0 aliphatic carbocycles. The minimum Gasteiger partial charge on any atom is -0.493 e. The Morgan fingerprint density at radius 1 is 0.913 bits per heavy atom. The highest BCUT2D eigenvalue weighted by molar-refractivity contribution is 6.14. The maximum absolute atomic E-state index is 13.3. The molecule has 2 aliphatic rings. The highest BCUT2D eigenvalue weighted by Crippen LogP contribution is 2.34. The van der Waals surface area contributed by atoms with Gasteiger partial charge in [-0.05, 0) is 64.3 Å². The van der Waals surface area contributed by atoms with E-state index in [9.17, 15) is 19.2 Å². The van der Waals surface area contributed by atoms with E-state index in [0.717, 1.165) is 16.1 Å². The molecule has 0 bridgehead atoms. The van der Waals surface area contributed by atoms with Gasteiger partial charge in [0, 0.05) is 61.0 Å². The first-order chi connectivity index (χ1) is 21.8. The zero-order valence-corrected chi connectivity index (χ0v) is 27.5. The Morgan fingerprint density at radius 3 is 2.28 bits per heavy atom. The molecular weight excluding hydrogens is 588 g/mol. The molecule has 11 heteroatoms. The summed E-state index contributed by atoms with van der Waals surface area (Å²) in [6.07, 6.45) is 4.16. The highest BCUT2D eigenvalue weighted by Gasteiger charge is 2.37. The van der Waals surface area contributed by atoms with Gasteiger partial charge in [-0.3, -0.25) is 29.1 Å². The molecule has 11 nitrogen and oxygen atoms in total. The normalized spacial score (nSPS) is 16.2. The van der Waals surface area contributed by atoms with Crippen molar-refractivity contribution in [3.63, 3.8) is 0 Å². The number of amides is 4. The number of nitrogens with one attached hydrogen (secondary N) is 2. The first kappa shape index (κ1) is 34.4. The Hall–Kier alpha value is -4.51. The van der Waals surface area contributed by atoms with Crippen molar-refractivity contribution in [1.29, 1.82) is 0 Å². The number of benzene rings is 2. The third-order valence-electron chi connectivity index (χ3n) is 8.30. The zero-order valence-electron chi connectivity index (χ0n) is 27.5. The fourth-order valence-corrected chi connectivity index (χ4v) is 5.57. The highest BCUT2D eigenvalue weighted by atomic mass is 16.5. The van der Waals surface area contributed by atoms with E-state index in [1.165, 1.54) is 17.1 Å². The second kappa shape index (κ2) is 14.7. The summed E-state index contributed by atoms with van der Waals surface area (Å²) in [6, 6.07) is 13.0. The van der Waals surface area contributed by atoms with Gasteiger partial charge in [-0.25, -0.2) is 0 Å². The average molecular weight is 633 g/mol. The lowest BCUT2D eigenvalue weighted by Gasteiger charge is -2.35. The largest absolute Gasteiger partial charge is 0.493 e. The van der Waals surface area contributed by atoms with Gasteiger partial charge in [0.1, 0.15) is 0 Å². The van der Waals surface area contributed by atoms with Crippen LogP contribution in [-0.2, 0) is 23.9 Å². The third kappa shape index (κ3) is 8.39. The van der Waals surface area contributed by atoms with Crippen LogP contribution >= 0.6 is 0 Å². The maximum Gasteiger partial charge on any atom is 0.254 e. The van der Waals surface area contributed by atoms with Crippen LogP contribution in [-0.4, -0.2) is 73.6 Å². The molecule has 2 aliphatic heterocycles. The van der Waals surface area contributed by atoms with Crippen molar-refractivity contribution in [2.45, 2.75) is 70.6 Å². The van der Waals surface area contributed by atoms with Crippen molar-refractivity contribution < 1.29 is 33.4 Å². The monoisotopic (exact) mass is 632 g/mol. The number of imide groups is 1. The predicted octanol–water partition coefficient (Wildman–Crippen LogP) is 2.52. The molecule has 2 aromatic rings. The van der Waals surface area contributed by atoms with E-state index in [0.29, 0.717) is 42.9 Å². The summed E-state index contributed by atoms with van der Waals surface area (Å²) in [4.78, 5) is 56.2. The second-order valence-electron chi connectivity index (χ2n) is 12.6. The molecule has 0 radical (unpaired) electrons. The minimum atomic E-state index is -0.688. The number of hydrogen-bond donors (Lipinski definition) is 2. The Morgan fingerprint density at radius 2 is 1.59 bits per heavy atom. The molecule has 2 heterocycles. The summed E-state index contributed by atoms with van der Waals surface area (Å²) in [7, 11) is 3.17. The zero-order chi connectivity index (χ0) is 33.5. The van der Waals surface area contributed by atoms with Crippen LogP contribution in [0.15, 0.2) is 59.6 Å². The number of carbonyl (C=O) groups excluding carboxylic acids is 4. The van der Waals surface area contributed by atoms with E-state index in [-0.39, 0.29) is 49.2 Å². The SMILES string of the molecule is COc1ccc(C2CC(C(=O)NCCNC(=O)CCC(C)(C)OCCC(C)(C)N3C(=O)C=CC3=O)=c3ccccc3=N2)cc1OC. The van der Waals surface area contributed by atoms with E-state index in [4.69, 9.17) is 19.2 Å². The first-order valence-corrected chi connectivity index (χ1v) is 15.5. The quantitative estimate of drug-likeness (QED) is 0.228. The number of hydrogen-bond acceptors (Lipinski definition) is 8. The number of ether oxygens (including phenoxy) is 3. The van der Waals surface area contributed by atoms with Gasteiger partial charge in [0.15, 0.2) is 11.5 Å². The number of methoxy groups -OCH3 is 2. The van der Waals surface area contributed by atoms with Crippen LogP contribution in [0.3, 0.4) is 0 Å². The van der Waals surface area contributed by atoms with Crippen molar-refractivity contribution >= 4 is 29.2 Å². The van der Waals surface area contributed by atoms with Gasteiger partial charge in [0.05, 0.1) is 31.2 Å². The molecule has 0 saturated heterocycles. The van der Waals surface area contributed by atoms with Gasteiger partial charge < -0.3 is 24.8 Å². The minimum absolute atomic E-state index is 0.145. The van der Waals surface area contributed by atoms with Crippen molar-refractivity contribution in [2.24, 2.45) is 4.99 Å². The lowest BCUT2D eigenvalue weighted by Crippen LogP contribution is -2.48. The lowest BCUT2D eigenvalue weighted by atomic mass is 9.94. The number of fused-ring (bicyclic) bond motifs is 1. The van der Waals surface area contributed by atoms with E-state index < -0.39 is 11.1 Å². The van der Waals surface area contributed by atoms with Gasteiger partial charge in [-0.15, -0.1) is 0 Å². The van der Waals surface area contributed by atoms with Crippen LogP contribution in [0.2, 0.25) is 0 Å². The summed E-state index contributed by atoms with van der Waals surface area (Å²) in [5.41, 5.74) is 0.272. The van der Waals surface area contributed by atoms with E-state index in [1.54, 1.807) is 14.2 Å². The van der Waals surface area contributed by atoms with E-state index in [1.807, 2.05) is 70.2 Å². The van der Waals surface area contributed by atoms with Crippen LogP contribution in [0.1, 0.15) is 65.0 Å². The average Bonchev–Trinajstić information content (AvgIpc) is 3.39. The molecule has 0 fully saturated rings. The standard InChI is InChI=1S/C35H44N4O7/c1-34(2,39-31(41)13-14-32(39)42)17-20-46-35(3,4)16-15-30(40)36-18-19-37-33(43)25-22-27(38-26-10-8-7-9-24(25)26)23-11-12-28(44-5)29(21-23)45-6/h7-14,21,27H,15-20,22H2,1-6H3,(H,36,40)(H,37,43). The Labute approximate surface area is 269 Å². The maximum atomic E-state index is 13.3. The fraction of sp³-hybridized carbons (Fsp3) is 0.457. The molecule has 0 spiro atoms. The molecule has 0 aromatic heterocycles. The first-order valence-electron chi connectivity index (χ1n) is 15.5. The molecule has 46 heavy (non-hydrogen) atoms. The number of carbonyl (C=O) groups is 4. The summed E-state index contributed by atoms with van der Waals surface area (Å²) in [6.45, 7) is 8.35. The summed E-state index contributed by atoms with van der Waals surface area (Å²) in [5, 5.41) is 7.35. The second-order valence-corrected chi connectivity index (χ2v) is 12.6. The number of para-hydroxylation sites is 1. The third-order valence-corrected chi connectivity index (χ3v) is 8.30. The van der Waals surface area contributed by atoms with Crippen molar-refractivity contribution in [2.75, 3.05) is 33.9 Å². The van der Waals surface area contributed by atoms with Gasteiger partial charge in [-0.2, -0.15) is 0 Å². The molecule has 2 N–H and O–H groups in total. The molecule has 1 unspecified atom stereocenters. The van der Waals surface area contributed by atoms with Crippen LogP contribution in [0, 0.1) is 0 Å². The van der Waals surface area contributed by atoms with E-state index >= 15 is 0 Å². The molecular formula is C35H44N4O7. The fourth-order valence-electron chi connectivity index (χ4n) is 5.57. The Balaban J connectivity index is 1.24. The number of rotatable bonds is 15.